The number of aryl methyl sites for hydroxylation is 2. The molecule has 2 aromatic heterocycles. The van der Waals surface area contributed by atoms with Gasteiger partial charge < -0.3 is 5.32 Å². The van der Waals surface area contributed by atoms with E-state index >= 15 is 0 Å². The van der Waals surface area contributed by atoms with Gasteiger partial charge in [-0.05, 0) is 48.2 Å². The molecule has 4 rings (SSSR count). The van der Waals surface area contributed by atoms with E-state index in [4.69, 9.17) is 0 Å². The van der Waals surface area contributed by atoms with Crippen LogP contribution in [-0.2, 0) is 0 Å². The lowest BCUT2D eigenvalue weighted by molar-refractivity contribution is 0.0951. The van der Waals surface area contributed by atoms with Gasteiger partial charge >= 0.3 is 0 Å². The second-order valence-corrected chi connectivity index (χ2v) is 7.62. The van der Waals surface area contributed by atoms with Gasteiger partial charge in [0.1, 0.15) is 6.04 Å². The molecule has 2 aromatic carbocycles. The van der Waals surface area contributed by atoms with E-state index in [1.807, 2.05) is 67.1 Å². The molecule has 0 aliphatic carbocycles. The van der Waals surface area contributed by atoms with Crippen LogP contribution in [0.2, 0.25) is 0 Å². The molecular formula is C22H21N3OS. The summed E-state index contributed by atoms with van der Waals surface area (Å²) in [6.07, 6.45) is 0. The molecule has 0 saturated heterocycles. The second kappa shape index (κ2) is 7.37. The van der Waals surface area contributed by atoms with Crippen LogP contribution < -0.4 is 5.32 Å². The SMILES string of the molecule is Cc1cc(C)n(C(CNC(=O)c2cccc3ccccc23)c2cccs2)n1. The van der Waals surface area contributed by atoms with Crippen LogP contribution in [0.15, 0.2) is 66.0 Å². The highest BCUT2D eigenvalue weighted by Crippen LogP contribution is 2.24. The van der Waals surface area contributed by atoms with Gasteiger partial charge in [-0.15, -0.1) is 11.3 Å². The van der Waals surface area contributed by atoms with Crippen LogP contribution >= 0.6 is 11.3 Å². The maximum atomic E-state index is 12.9. The number of aromatic nitrogens is 2. The summed E-state index contributed by atoms with van der Waals surface area (Å²) in [4.78, 5) is 14.1. The number of fused-ring (bicyclic) bond motifs is 1. The molecule has 0 aliphatic heterocycles. The third-order valence-corrected chi connectivity index (χ3v) is 5.68. The highest BCUT2D eigenvalue weighted by molar-refractivity contribution is 7.10. The van der Waals surface area contributed by atoms with Crippen molar-refractivity contribution in [3.8, 4) is 0 Å². The van der Waals surface area contributed by atoms with E-state index in [0.29, 0.717) is 12.1 Å². The molecule has 5 heteroatoms. The lowest BCUT2D eigenvalue weighted by atomic mass is 10.0. The lowest BCUT2D eigenvalue weighted by Crippen LogP contribution is -2.32. The molecule has 4 aromatic rings. The number of hydrogen-bond acceptors (Lipinski definition) is 3. The van der Waals surface area contributed by atoms with E-state index in [2.05, 4.69) is 27.9 Å². The summed E-state index contributed by atoms with van der Waals surface area (Å²) in [7, 11) is 0. The Balaban J connectivity index is 1.61. The van der Waals surface area contributed by atoms with E-state index in [9.17, 15) is 4.79 Å². The number of nitrogens with zero attached hydrogens (tertiary/aromatic N) is 2. The number of hydrogen-bond donors (Lipinski definition) is 1. The van der Waals surface area contributed by atoms with E-state index in [-0.39, 0.29) is 11.9 Å². The Morgan fingerprint density at radius 3 is 2.67 bits per heavy atom. The van der Waals surface area contributed by atoms with Crippen LogP contribution in [0.4, 0.5) is 0 Å². The first-order valence-corrected chi connectivity index (χ1v) is 9.83. The van der Waals surface area contributed by atoms with E-state index in [1.54, 1.807) is 11.3 Å². The van der Waals surface area contributed by atoms with E-state index < -0.39 is 0 Å². The zero-order valence-electron chi connectivity index (χ0n) is 15.3. The highest BCUT2D eigenvalue weighted by atomic mass is 32.1. The Bertz CT molecular complexity index is 1080. The summed E-state index contributed by atoms with van der Waals surface area (Å²) in [6, 6.07) is 20.0. The molecule has 0 aliphatic rings. The molecule has 0 radical (unpaired) electrons. The maximum absolute atomic E-state index is 12.9. The second-order valence-electron chi connectivity index (χ2n) is 6.64. The quantitative estimate of drug-likeness (QED) is 0.548. The molecule has 1 atom stereocenters. The van der Waals surface area contributed by atoms with Gasteiger partial charge in [0.2, 0.25) is 0 Å². The molecular weight excluding hydrogens is 354 g/mol. The Labute approximate surface area is 162 Å². The first-order valence-electron chi connectivity index (χ1n) is 8.95. The van der Waals surface area contributed by atoms with Crippen molar-refractivity contribution in [1.29, 1.82) is 0 Å². The summed E-state index contributed by atoms with van der Waals surface area (Å²) >= 11 is 1.68. The fourth-order valence-electron chi connectivity index (χ4n) is 3.46. The molecule has 136 valence electrons. The molecule has 4 nitrogen and oxygen atoms in total. The number of benzene rings is 2. The molecule has 1 unspecified atom stereocenters. The molecule has 0 bridgehead atoms. The van der Waals surface area contributed by atoms with Crippen LogP contribution in [0.3, 0.4) is 0 Å². The normalized spacial score (nSPS) is 12.2. The summed E-state index contributed by atoms with van der Waals surface area (Å²) in [5.41, 5.74) is 2.77. The van der Waals surface area contributed by atoms with Crippen LogP contribution in [0.25, 0.3) is 10.8 Å². The Kier molecular flexibility index (Phi) is 4.77. The van der Waals surface area contributed by atoms with Crippen LogP contribution in [-0.4, -0.2) is 22.2 Å². The van der Waals surface area contributed by atoms with Crippen molar-refractivity contribution in [2.24, 2.45) is 0 Å². The molecule has 0 fully saturated rings. The van der Waals surface area contributed by atoms with Crippen molar-refractivity contribution in [3.05, 3.63) is 87.9 Å². The minimum absolute atomic E-state index is 0.0161. The van der Waals surface area contributed by atoms with Crippen molar-refractivity contribution in [2.75, 3.05) is 6.54 Å². The van der Waals surface area contributed by atoms with Crippen molar-refractivity contribution in [3.63, 3.8) is 0 Å². The third-order valence-electron chi connectivity index (χ3n) is 4.70. The van der Waals surface area contributed by atoms with Gasteiger partial charge in [0.15, 0.2) is 0 Å². The molecule has 1 N–H and O–H groups in total. The number of carbonyl (C=O) groups is 1. The van der Waals surface area contributed by atoms with Gasteiger partial charge in [0.25, 0.3) is 5.91 Å². The third kappa shape index (κ3) is 3.51. The summed E-state index contributed by atoms with van der Waals surface area (Å²) in [5, 5.41) is 11.9. The first kappa shape index (κ1) is 17.5. The van der Waals surface area contributed by atoms with Crippen LogP contribution in [0.1, 0.15) is 32.7 Å². The van der Waals surface area contributed by atoms with E-state index in [0.717, 1.165) is 22.2 Å². The average Bonchev–Trinajstić information content (AvgIpc) is 3.31. The number of nitrogens with one attached hydrogen (secondary N) is 1. The van der Waals surface area contributed by atoms with Gasteiger partial charge in [-0.25, -0.2) is 0 Å². The van der Waals surface area contributed by atoms with Crippen molar-refractivity contribution in [1.82, 2.24) is 15.1 Å². The van der Waals surface area contributed by atoms with E-state index in [1.165, 1.54) is 4.88 Å². The standard InChI is InChI=1S/C22H21N3OS/c1-15-13-16(2)25(24-15)20(21-11-6-12-27-21)14-23-22(26)19-10-5-8-17-7-3-4-9-18(17)19/h3-13,20H,14H2,1-2H3,(H,23,26). The van der Waals surface area contributed by atoms with Crippen molar-refractivity contribution >= 4 is 28.0 Å². The minimum Gasteiger partial charge on any atom is -0.349 e. The number of thiophene rings is 1. The fourth-order valence-corrected chi connectivity index (χ4v) is 4.27. The molecule has 27 heavy (non-hydrogen) atoms. The van der Waals surface area contributed by atoms with Gasteiger partial charge in [0, 0.05) is 22.7 Å². The number of rotatable bonds is 5. The minimum atomic E-state index is -0.0603. The van der Waals surface area contributed by atoms with Crippen molar-refractivity contribution < 1.29 is 4.79 Å². The summed E-state index contributed by atoms with van der Waals surface area (Å²) in [5.74, 6) is -0.0603. The van der Waals surface area contributed by atoms with Crippen LogP contribution in [0, 0.1) is 13.8 Å². The van der Waals surface area contributed by atoms with Gasteiger partial charge in [-0.1, -0.05) is 42.5 Å². The van der Waals surface area contributed by atoms with Crippen LogP contribution in [0.5, 0.6) is 0 Å². The molecule has 1 amide bonds. The topological polar surface area (TPSA) is 46.9 Å². The largest absolute Gasteiger partial charge is 0.349 e. The fraction of sp³-hybridized carbons (Fsp3) is 0.182. The monoisotopic (exact) mass is 375 g/mol. The maximum Gasteiger partial charge on any atom is 0.251 e. The molecule has 0 saturated carbocycles. The zero-order valence-corrected chi connectivity index (χ0v) is 16.2. The smallest absolute Gasteiger partial charge is 0.251 e. The highest BCUT2D eigenvalue weighted by Gasteiger charge is 2.20. The Morgan fingerprint density at radius 2 is 1.93 bits per heavy atom. The Morgan fingerprint density at radius 1 is 1.11 bits per heavy atom. The van der Waals surface area contributed by atoms with Gasteiger partial charge in [-0.2, -0.15) is 5.10 Å². The summed E-state index contributed by atoms with van der Waals surface area (Å²) in [6.45, 7) is 4.53. The Hall–Kier alpha value is -2.92. The van der Waals surface area contributed by atoms with Crippen molar-refractivity contribution in [2.45, 2.75) is 19.9 Å². The molecule has 2 heterocycles. The number of carbonyl (C=O) groups excluding carboxylic acids is 1. The number of amides is 1. The predicted octanol–water partition coefficient (Wildman–Crippen LogP) is 4.73. The van der Waals surface area contributed by atoms with Gasteiger partial charge in [-0.3, -0.25) is 9.48 Å². The summed E-state index contributed by atoms with van der Waals surface area (Å²) < 4.78 is 2.00. The lowest BCUT2D eigenvalue weighted by Gasteiger charge is -2.19. The van der Waals surface area contributed by atoms with Gasteiger partial charge in [0.05, 0.1) is 5.69 Å². The zero-order chi connectivity index (χ0) is 18.8. The molecule has 0 spiro atoms. The first-order chi connectivity index (χ1) is 13.1. The average molecular weight is 375 g/mol. The predicted molar refractivity (Wildman–Crippen MR) is 110 cm³/mol.